The van der Waals surface area contributed by atoms with Crippen molar-refractivity contribution in [2.24, 2.45) is 11.8 Å². The summed E-state index contributed by atoms with van der Waals surface area (Å²) >= 11 is 0. The molecule has 0 aliphatic heterocycles. The first-order chi connectivity index (χ1) is 7.43. The van der Waals surface area contributed by atoms with Crippen molar-refractivity contribution in [3.63, 3.8) is 0 Å². The molecule has 1 aromatic rings. The predicted molar refractivity (Wildman–Crippen MR) is 60.2 cm³/mol. The Labute approximate surface area is 90.4 Å². The molecular weight excluding hydrogens is 184 g/mol. The van der Waals surface area contributed by atoms with Crippen molar-refractivity contribution in [1.29, 1.82) is 0 Å². The molecule has 1 aromatic heterocycles. The molecule has 0 amide bonds. The number of nitrogens with one attached hydrogen (secondary N) is 1. The Morgan fingerprint density at radius 3 is 3.20 bits per heavy atom. The summed E-state index contributed by atoms with van der Waals surface area (Å²) < 4.78 is 0. The number of allylic oxidation sites excluding steroid dienone is 1. The highest BCUT2D eigenvalue weighted by Gasteiger charge is 2.40. The molecule has 0 radical (unpaired) electrons. The van der Waals surface area contributed by atoms with E-state index in [2.05, 4.69) is 28.5 Å². The van der Waals surface area contributed by atoms with Gasteiger partial charge < -0.3 is 5.32 Å². The summed E-state index contributed by atoms with van der Waals surface area (Å²) in [5, 5.41) is 3.59. The van der Waals surface area contributed by atoms with Crippen LogP contribution in [0.15, 0.2) is 36.5 Å². The molecule has 0 spiro atoms. The van der Waals surface area contributed by atoms with Crippen LogP contribution in [-0.4, -0.2) is 11.0 Å². The third-order valence-electron chi connectivity index (χ3n) is 3.63. The molecule has 1 N–H and O–H groups in total. The van der Waals surface area contributed by atoms with Gasteiger partial charge in [-0.3, -0.25) is 4.98 Å². The monoisotopic (exact) mass is 200 g/mol. The molecule has 78 valence electrons. The molecule has 3 rings (SSSR count). The van der Waals surface area contributed by atoms with Crippen molar-refractivity contribution >= 4 is 0 Å². The first kappa shape index (κ1) is 9.10. The van der Waals surface area contributed by atoms with Gasteiger partial charge in [-0.15, -0.1) is 0 Å². The van der Waals surface area contributed by atoms with Gasteiger partial charge in [-0.1, -0.05) is 18.2 Å². The fourth-order valence-corrected chi connectivity index (χ4v) is 2.69. The molecule has 2 nitrogen and oxygen atoms in total. The molecule has 1 fully saturated rings. The van der Waals surface area contributed by atoms with E-state index in [1.165, 1.54) is 12.8 Å². The Kier molecular flexibility index (Phi) is 2.29. The predicted octanol–water partition coefficient (Wildman–Crippen LogP) is 2.14. The first-order valence-electron chi connectivity index (χ1n) is 5.73. The minimum atomic E-state index is 0.691. The SMILES string of the molecule is C1=CC2C(C1)CC2NCc1ccccn1. The lowest BCUT2D eigenvalue weighted by Crippen LogP contribution is -2.47. The highest BCUT2D eigenvalue weighted by Crippen LogP contribution is 2.42. The molecule has 0 aromatic carbocycles. The van der Waals surface area contributed by atoms with Gasteiger partial charge in [-0.25, -0.2) is 0 Å². The van der Waals surface area contributed by atoms with E-state index in [1.807, 2.05) is 18.3 Å². The third-order valence-corrected chi connectivity index (χ3v) is 3.63. The van der Waals surface area contributed by atoms with Crippen molar-refractivity contribution in [1.82, 2.24) is 10.3 Å². The fraction of sp³-hybridized carbons (Fsp3) is 0.462. The van der Waals surface area contributed by atoms with Gasteiger partial charge in [0.05, 0.1) is 5.69 Å². The van der Waals surface area contributed by atoms with Crippen molar-refractivity contribution in [2.45, 2.75) is 25.4 Å². The molecule has 1 saturated carbocycles. The number of aromatic nitrogens is 1. The van der Waals surface area contributed by atoms with Crippen LogP contribution in [0.3, 0.4) is 0 Å². The number of rotatable bonds is 3. The summed E-state index contributed by atoms with van der Waals surface area (Å²) in [7, 11) is 0. The van der Waals surface area contributed by atoms with Crippen molar-refractivity contribution in [3.05, 3.63) is 42.2 Å². The summed E-state index contributed by atoms with van der Waals surface area (Å²) in [4.78, 5) is 4.31. The number of pyridine rings is 1. The second-order valence-electron chi connectivity index (χ2n) is 4.55. The number of hydrogen-bond acceptors (Lipinski definition) is 2. The lowest BCUT2D eigenvalue weighted by atomic mass is 9.71. The van der Waals surface area contributed by atoms with Gasteiger partial charge in [-0.05, 0) is 36.8 Å². The van der Waals surface area contributed by atoms with Gasteiger partial charge in [0, 0.05) is 18.8 Å². The van der Waals surface area contributed by atoms with Gasteiger partial charge in [0.15, 0.2) is 0 Å². The molecule has 2 heteroatoms. The zero-order chi connectivity index (χ0) is 10.1. The highest BCUT2D eigenvalue weighted by molar-refractivity contribution is 5.13. The standard InChI is InChI=1S/C13H16N2/c1-2-7-14-11(5-1)9-15-13-8-10-4-3-6-12(10)13/h1-3,5-7,10,12-13,15H,4,8-9H2. The maximum atomic E-state index is 4.31. The maximum absolute atomic E-state index is 4.31. The Bertz CT molecular complexity index is 358. The second kappa shape index (κ2) is 3.78. The molecule has 0 saturated heterocycles. The zero-order valence-corrected chi connectivity index (χ0v) is 8.76. The van der Waals surface area contributed by atoms with Crippen molar-refractivity contribution < 1.29 is 0 Å². The summed E-state index contributed by atoms with van der Waals surface area (Å²) in [5.41, 5.74) is 1.14. The molecule has 3 atom stereocenters. The van der Waals surface area contributed by atoms with E-state index in [-0.39, 0.29) is 0 Å². The van der Waals surface area contributed by atoms with Crippen LogP contribution < -0.4 is 5.32 Å². The maximum Gasteiger partial charge on any atom is 0.0541 e. The fourth-order valence-electron chi connectivity index (χ4n) is 2.69. The van der Waals surface area contributed by atoms with Crippen LogP contribution in [0, 0.1) is 11.8 Å². The normalized spacial score (nSPS) is 32.4. The van der Waals surface area contributed by atoms with E-state index in [0.29, 0.717) is 6.04 Å². The van der Waals surface area contributed by atoms with Crippen LogP contribution in [0.4, 0.5) is 0 Å². The topological polar surface area (TPSA) is 24.9 Å². The summed E-state index contributed by atoms with van der Waals surface area (Å²) in [6, 6.07) is 6.77. The smallest absolute Gasteiger partial charge is 0.0541 e. The number of hydrogen-bond donors (Lipinski definition) is 1. The Morgan fingerprint density at radius 1 is 1.40 bits per heavy atom. The molecule has 3 unspecified atom stereocenters. The van der Waals surface area contributed by atoms with Gasteiger partial charge in [0.2, 0.25) is 0 Å². The zero-order valence-electron chi connectivity index (χ0n) is 8.76. The Morgan fingerprint density at radius 2 is 2.40 bits per heavy atom. The third kappa shape index (κ3) is 1.70. The molecule has 1 heterocycles. The highest BCUT2D eigenvalue weighted by atomic mass is 15.0. The lowest BCUT2D eigenvalue weighted by molar-refractivity contribution is 0.162. The average molecular weight is 200 g/mol. The number of fused-ring (bicyclic) bond motifs is 1. The van der Waals surface area contributed by atoms with Crippen LogP contribution in [0.5, 0.6) is 0 Å². The van der Waals surface area contributed by atoms with Gasteiger partial charge in [0.25, 0.3) is 0 Å². The second-order valence-corrected chi connectivity index (χ2v) is 4.55. The minimum Gasteiger partial charge on any atom is -0.308 e. The van der Waals surface area contributed by atoms with Crippen LogP contribution in [0.2, 0.25) is 0 Å². The van der Waals surface area contributed by atoms with Crippen LogP contribution in [-0.2, 0) is 6.54 Å². The van der Waals surface area contributed by atoms with Gasteiger partial charge in [-0.2, -0.15) is 0 Å². The number of nitrogens with zero attached hydrogens (tertiary/aromatic N) is 1. The van der Waals surface area contributed by atoms with Crippen molar-refractivity contribution in [3.8, 4) is 0 Å². The lowest BCUT2D eigenvalue weighted by Gasteiger charge is -2.40. The molecule has 2 aliphatic carbocycles. The van der Waals surface area contributed by atoms with E-state index >= 15 is 0 Å². The van der Waals surface area contributed by atoms with E-state index in [9.17, 15) is 0 Å². The van der Waals surface area contributed by atoms with E-state index in [1.54, 1.807) is 0 Å². The van der Waals surface area contributed by atoms with Crippen LogP contribution in [0.1, 0.15) is 18.5 Å². The molecular formula is C13H16N2. The summed E-state index contributed by atoms with van der Waals surface area (Å²) in [5.74, 6) is 1.74. The summed E-state index contributed by atoms with van der Waals surface area (Å²) in [6.07, 6.45) is 9.20. The first-order valence-corrected chi connectivity index (χ1v) is 5.73. The van der Waals surface area contributed by atoms with Gasteiger partial charge in [0.1, 0.15) is 0 Å². The van der Waals surface area contributed by atoms with Crippen LogP contribution in [0.25, 0.3) is 0 Å². The van der Waals surface area contributed by atoms with Crippen molar-refractivity contribution in [2.75, 3.05) is 0 Å². The quantitative estimate of drug-likeness (QED) is 0.756. The Hall–Kier alpha value is -1.15. The van der Waals surface area contributed by atoms with Crippen LogP contribution >= 0.6 is 0 Å². The largest absolute Gasteiger partial charge is 0.308 e. The minimum absolute atomic E-state index is 0.691. The van der Waals surface area contributed by atoms with E-state index < -0.39 is 0 Å². The average Bonchev–Trinajstić information content (AvgIpc) is 2.62. The van der Waals surface area contributed by atoms with Gasteiger partial charge >= 0.3 is 0 Å². The molecule has 15 heavy (non-hydrogen) atoms. The molecule has 0 bridgehead atoms. The summed E-state index contributed by atoms with van der Waals surface area (Å²) in [6.45, 7) is 0.905. The van der Waals surface area contributed by atoms with E-state index in [0.717, 1.165) is 24.1 Å². The molecule has 2 aliphatic rings. The van der Waals surface area contributed by atoms with E-state index in [4.69, 9.17) is 0 Å². The Balaban J connectivity index is 1.53.